The number of halogens is 4. The highest BCUT2D eigenvalue weighted by molar-refractivity contribution is 9.09. The van der Waals surface area contributed by atoms with Crippen molar-refractivity contribution in [1.82, 2.24) is 0 Å². The van der Waals surface area contributed by atoms with Crippen LogP contribution in [0.5, 0.6) is 0 Å². The monoisotopic (exact) mass is 231 g/mol. The molecule has 0 N–H and O–H groups in total. The Hall–Kier alpha value is -0.280. The zero-order valence-electron chi connectivity index (χ0n) is 5.36. The molecule has 0 bridgehead atoms. The number of rotatable bonds is 3. The normalized spacial score (nSPS) is 14.1. The van der Waals surface area contributed by atoms with Crippen LogP contribution in [0.2, 0.25) is 0 Å². The molecule has 0 radical (unpaired) electrons. The van der Waals surface area contributed by atoms with E-state index in [1.165, 1.54) is 0 Å². The van der Waals surface area contributed by atoms with Gasteiger partial charge in [0.1, 0.15) is 0 Å². The lowest BCUT2D eigenvalue weighted by Gasteiger charge is -2.13. The second kappa shape index (κ2) is 4.57. The van der Waals surface area contributed by atoms with Crippen molar-refractivity contribution in [3.63, 3.8) is 0 Å². The Balaban J connectivity index is 3.80. The summed E-state index contributed by atoms with van der Waals surface area (Å²) in [5.74, 6) is 0. The van der Waals surface area contributed by atoms with Crippen molar-refractivity contribution in [2.24, 2.45) is 0 Å². The second-order valence-corrected chi connectivity index (χ2v) is 2.35. The van der Waals surface area contributed by atoms with Crippen molar-refractivity contribution >= 4 is 15.9 Å². The van der Waals surface area contributed by atoms with E-state index in [4.69, 9.17) is 5.26 Å². The molecule has 0 spiro atoms. The second-order valence-electron chi connectivity index (χ2n) is 1.70. The molecule has 0 aliphatic heterocycles. The molecule has 6 heteroatoms. The molecule has 0 fully saturated rings. The Bertz CT molecular complexity index is 153. The fourth-order valence-electron chi connectivity index (χ4n) is 0.419. The highest BCUT2D eigenvalue weighted by atomic mass is 79.9. The van der Waals surface area contributed by atoms with E-state index in [1.54, 1.807) is 6.07 Å². The maximum Gasteiger partial charge on any atom is 0.522 e. The van der Waals surface area contributed by atoms with Gasteiger partial charge in [0.15, 0.2) is 0 Å². The molecular weight excluding hydrogens is 227 g/mol. The molecule has 0 aromatic carbocycles. The van der Waals surface area contributed by atoms with E-state index in [-0.39, 0.29) is 11.8 Å². The highest BCUT2D eigenvalue weighted by Crippen LogP contribution is 2.20. The van der Waals surface area contributed by atoms with E-state index >= 15 is 0 Å². The van der Waals surface area contributed by atoms with Crippen molar-refractivity contribution in [2.45, 2.75) is 18.9 Å². The molecule has 0 aromatic heterocycles. The molecule has 1 unspecified atom stereocenters. The van der Waals surface area contributed by atoms with Crippen molar-refractivity contribution in [2.75, 3.05) is 5.33 Å². The van der Waals surface area contributed by atoms with Crippen molar-refractivity contribution in [3.8, 4) is 6.07 Å². The van der Waals surface area contributed by atoms with Crippen LogP contribution in [-0.4, -0.2) is 17.8 Å². The molecule has 0 amide bonds. The number of nitriles is 1. The first-order chi connectivity index (χ1) is 4.99. The minimum Gasteiger partial charge on any atom is -0.287 e. The lowest BCUT2D eigenvalue weighted by molar-refractivity contribution is -0.338. The molecule has 64 valence electrons. The maximum absolute atomic E-state index is 11.5. The van der Waals surface area contributed by atoms with Crippen LogP contribution in [0, 0.1) is 11.3 Å². The lowest BCUT2D eigenvalue weighted by Crippen LogP contribution is -2.24. The van der Waals surface area contributed by atoms with Gasteiger partial charge in [0.05, 0.1) is 18.6 Å². The largest absolute Gasteiger partial charge is 0.522 e. The summed E-state index contributed by atoms with van der Waals surface area (Å²) in [5, 5.41) is 8.05. The predicted octanol–water partition coefficient (Wildman–Crippen LogP) is 2.20. The van der Waals surface area contributed by atoms with E-state index in [1.807, 2.05) is 0 Å². The molecule has 2 nitrogen and oxygen atoms in total. The number of hydrogen-bond donors (Lipinski definition) is 0. The van der Waals surface area contributed by atoms with Gasteiger partial charge in [-0.25, -0.2) is 0 Å². The van der Waals surface area contributed by atoms with Gasteiger partial charge in [-0.3, -0.25) is 4.74 Å². The van der Waals surface area contributed by atoms with Crippen LogP contribution >= 0.6 is 15.9 Å². The Morgan fingerprint density at radius 3 is 2.36 bits per heavy atom. The number of ether oxygens (including phenoxy) is 1. The first-order valence-electron chi connectivity index (χ1n) is 2.67. The molecule has 0 aliphatic rings. The fourth-order valence-corrected chi connectivity index (χ4v) is 0.780. The lowest BCUT2D eigenvalue weighted by atomic mass is 10.3. The van der Waals surface area contributed by atoms with E-state index in [0.717, 1.165) is 0 Å². The van der Waals surface area contributed by atoms with Gasteiger partial charge in [-0.2, -0.15) is 5.26 Å². The SMILES string of the molecule is N#CCC(CBr)OC(F)(F)F. The summed E-state index contributed by atoms with van der Waals surface area (Å²) in [6, 6.07) is 1.59. The third-order valence-corrected chi connectivity index (χ3v) is 1.51. The minimum atomic E-state index is -4.66. The quantitative estimate of drug-likeness (QED) is 0.698. The maximum atomic E-state index is 11.5. The van der Waals surface area contributed by atoms with Crippen molar-refractivity contribution in [3.05, 3.63) is 0 Å². The Morgan fingerprint density at radius 2 is 2.09 bits per heavy atom. The van der Waals surface area contributed by atoms with Crippen LogP contribution < -0.4 is 0 Å². The van der Waals surface area contributed by atoms with Crippen molar-refractivity contribution in [1.29, 1.82) is 5.26 Å². The summed E-state index contributed by atoms with van der Waals surface area (Å²) in [7, 11) is 0. The van der Waals surface area contributed by atoms with Crippen LogP contribution in [-0.2, 0) is 4.74 Å². The third-order valence-electron chi connectivity index (χ3n) is 0.791. The summed E-state index contributed by atoms with van der Waals surface area (Å²) in [6.45, 7) is 0. The Labute approximate surface area is 70.1 Å². The fraction of sp³-hybridized carbons (Fsp3) is 0.800. The van der Waals surface area contributed by atoms with Gasteiger partial charge in [0.2, 0.25) is 0 Å². The van der Waals surface area contributed by atoms with Gasteiger partial charge in [0.25, 0.3) is 0 Å². The summed E-state index contributed by atoms with van der Waals surface area (Å²) < 4.78 is 37.9. The van der Waals surface area contributed by atoms with E-state index in [2.05, 4.69) is 20.7 Å². The summed E-state index contributed by atoms with van der Waals surface area (Å²) in [5.41, 5.74) is 0. The Kier molecular flexibility index (Phi) is 4.45. The molecule has 0 saturated carbocycles. The van der Waals surface area contributed by atoms with Crippen LogP contribution in [0.25, 0.3) is 0 Å². The summed E-state index contributed by atoms with van der Waals surface area (Å²) in [4.78, 5) is 0. The number of nitrogens with zero attached hydrogens (tertiary/aromatic N) is 1. The van der Waals surface area contributed by atoms with E-state index in [9.17, 15) is 13.2 Å². The number of alkyl halides is 4. The van der Waals surface area contributed by atoms with Crippen LogP contribution in [0.15, 0.2) is 0 Å². The van der Waals surface area contributed by atoms with Gasteiger partial charge in [-0.05, 0) is 0 Å². The predicted molar refractivity (Wildman–Crippen MR) is 35.0 cm³/mol. The van der Waals surface area contributed by atoms with E-state index < -0.39 is 12.5 Å². The number of hydrogen-bond acceptors (Lipinski definition) is 2. The molecule has 0 saturated heterocycles. The first kappa shape index (κ1) is 10.7. The molecule has 0 heterocycles. The molecule has 1 atom stereocenters. The van der Waals surface area contributed by atoms with Crippen LogP contribution in [0.4, 0.5) is 13.2 Å². The zero-order valence-corrected chi connectivity index (χ0v) is 6.94. The highest BCUT2D eigenvalue weighted by Gasteiger charge is 2.32. The van der Waals surface area contributed by atoms with E-state index in [0.29, 0.717) is 0 Å². The molecule has 0 aliphatic carbocycles. The van der Waals surface area contributed by atoms with Crippen LogP contribution in [0.3, 0.4) is 0 Å². The topological polar surface area (TPSA) is 33.0 Å². The minimum absolute atomic E-state index is 0.0000694. The standard InChI is InChI=1S/C5H5BrF3NO/c6-3-4(1-2-10)11-5(7,8)9/h4H,1,3H2. The van der Waals surface area contributed by atoms with Crippen molar-refractivity contribution < 1.29 is 17.9 Å². The van der Waals surface area contributed by atoms with Gasteiger partial charge < -0.3 is 0 Å². The summed E-state index contributed by atoms with van der Waals surface area (Å²) in [6.07, 6.45) is -6.04. The molecule has 11 heavy (non-hydrogen) atoms. The first-order valence-corrected chi connectivity index (χ1v) is 3.79. The average molecular weight is 232 g/mol. The van der Waals surface area contributed by atoms with Gasteiger partial charge in [-0.15, -0.1) is 13.2 Å². The molecular formula is C5H5BrF3NO. The summed E-state index contributed by atoms with van der Waals surface area (Å²) >= 11 is 2.79. The van der Waals surface area contributed by atoms with Gasteiger partial charge >= 0.3 is 6.36 Å². The van der Waals surface area contributed by atoms with Gasteiger partial charge in [0, 0.05) is 5.33 Å². The Morgan fingerprint density at radius 1 is 1.55 bits per heavy atom. The molecule has 0 aromatic rings. The van der Waals surface area contributed by atoms with Crippen LogP contribution in [0.1, 0.15) is 6.42 Å². The zero-order chi connectivity index (χ0) is 8.91. The smallest absolute Gasteiger partial charge is 0.287 e. The third kappa shape index (κ3) is 6.13. The molecule has 0 rings (SSSR count). The van der Waals surface area contributed by atoms with Gasteiger partial charge in [-0.1, -0.05) is 15.9 Å². The average Bonchev–Trinajstić information content (AvgIpc) is 1.84.